The summed E-state index contributed by atoms with van der Waals surface area (Å²) < 4.78 is 61.8. The lowest BCUT2D eigenvalue weighted by Gasteiger charge is -2.30. The second-order valence-electron chi connectivity index (χ2n) is 11.4. The molecule has 52 heavy (non-hydrogen) atoms. The van der Waals surface area contributed by atoms with E-state index in [0.29, 0.717) is 5.75 Å². The first-order chi connectivity index (χ1) is 23.5. The van der Waals surface area contributed by atoms with Crippen LogP contribution in [-0.4, -0.2) is 123 Å². The van der Waals surface area contributed by atoms with Gasteiger partial charge in [0.15, 0.2) is 22.8 Å². The smallest absolute Gasteiger partial charge is 0.386 e. The zero-order chi connectivity index (χ0) is 38.4. The molecule has 2 aromatic heterocycles. The summed E-state index contributed by atoms with van der Waals surface area (Å²) in [4.78, 5) is 85.9. The zero-order valence-corrected chi connectivity index (χ0v) is 31.1. The Balaban J connectivity index is 0.00000936. The summed E-state index contributed by atoms with van der Waals surface area (Å²) in [5.41, 5.74) is 4.26. The van der Waals surface area contributed by atoms with Gasteiger partial charge in [-0.2, -0.15) is 4.31 Å². The molecule has 1 aliphatic heterocycles. The van der Waals surface area contributed by atoms with Crippen molar-refractivity contribution in [2.24, 2.45) is 5.41 Å². The Morgan fingerprint density at radius 2 is 1.73 bits per heavy atom. The van der Waals surface area contributed by atoms with Gasteiger partial charge in [-0.1, -0.05) is 25.6 Å². The number of anilines is 1. The minimum atomic E-state index is -5.56. The Labute approximate surface area is 300 Å². The third kappa shape index (κ3) is 13.4. The van der Waals surface area contributed by atoms with Gasteiger partial charge in [0.05, 0.1) is 19.5 Å². The molecule has 0 bridgehead atoms. The quantitative estimate of drug-likeness (QED) is 0.0591. The lowest BCUT2D eigenvalue weighted by Crippen LogP contribution is -2.46. The number of carbonyl (C=O) groups is 3. The lowest BCUT2D eigenvalue weighted by molar-refractivity contribution is -0.137. The number of phosphoric acid groups is 3. The predicted octanol–water partition coefficient (Wildman–Crippen LogP) is -1.23. The summed E-state index contributed by atoms with van der Waals surface area (Å²) in [5.74, 6) is -1.08. The Hall–Kier alpha value is -2.44. The van der Waals surface area contributed by atoms with Crippen LogP contribution in [-0.2, 0) is 50.7 Å². The molecule has 3 heterocycles. The first kappa shape index (κ1) is 45.7. The highest BCUT2D eigenvalue weighted by molar-refractivity contribution is 8.13. The Kier molecular flexibility index (Phi) is 16.5. The molecular formula is C24H38N7O17P3S. The molecule has 2 amide bonds. The van der Waals surface area contributed by atoms with E-state index in [1.165, 1.54) is 20.8 Å². The SMILES string of the molecule is CC(=O)SCCNC(=O)CCNC(=O)[C@H](O)C(C)(C)COP(=O)(O)OP(=O)(O)OC[C@H]1O[C@@H](n2cnc3c(N)ncnc32)[C@H](O)[C@@H]1OP(=O)(O)O.[C]. The molecule has 28 heteroatoms. The third-order valence-electron chi connectivity index (χ3n) is 6.81. The van der Waals surface area contributed by atoms with E-state index in [1.54, 1.807) is 0 Å². The average molecular weight is 822 g/mol. The average Bonchev–Trinajstić information content (AvgIpc) is 3.57. The number of amides is 2. The van der Waals surface area contributed by atoms with E-state index in [4.69, 9.17) is 19.5 Å². The van der Waals surface area contributed by atoms with Crippen LogP contribution >= 0.6 is 35.2 Å². The topological polar surface area (TPSA) is 364 Å². The summed E-state index contributed by atoms with van der Waals surface area (Å²) in [6.07, 6.45) is -6.88. The Bertz CT molecular complexity index is 1710. The van der Waals surface area contributed by atoms with Crippen LogP contribution in [0.25, 0.3) is 11.2 Å². The van der Waals surface area contributed by atoms with Gasteiger partial charge in [0.2, 0.25) is 11.8 Å². The third-order valence-corrected chi connectivity index (χ3v) is 10.7. The molecule has 10 N–H and O–H groups in total. The molecule has 7 atom stereocenters. The maximum absolute atomic E-state index is 12.6. The molecule has 0 aliphatic carbocycles. The highest BCUT2D eigenvalue weighted by Gasteiger charge is 2.50. The number of imidazole rings is 1. The van der Waals surface area contributed by atoms with Crippen LogP contribution in [0.2, 0.25) is 0 Å². The van der Waals surface area contributed by atoms with Crippen molar-refractivity contribution in [3.8, 4) is 0 Å². The van der Waals surface area contributed by atoms with Gasteiger partial charge in [0.1, 0.15) is 36.3 Å². The van der Waals surface area contributed by atoms with Crippen LogP contribution in [0.3, 0.4) is 0 Å². The van der Waals surface area contributed by atoms with Crippen molar-refractivity contribution in [1.29, 1.82) is 0 Å². The van der Waals surface area contributed by atoms with Gasteiger partial charge in [0.25, 0.3) is 0 Å². The molecule has 0 spiro atoms. The number of carbonyl (C=O) groups excluding carboxylic acids is 3. The molecule has 1 aliphatic rings. The summed E-state index contributed by atoms with van der Waals surface area (Å²) in [6, 6.07) is 0. The van der Waals surface area contributed by atoms with Gasteiger partial charge in [0, 0.05) is 45.0 Å². The number of nitrogens with zero attached hydrogens (tertiary/aromatic N) is 4. The van der Waals surface area contributed by atoms with Crippen molar-refractivity contribution >= 4 is 69.1 Å². The number of thioether (sulfide) groups is 1. The van der Waals surface area contributed by atoms with E-state index >= 15 is 0 Å². The number of aliphatic hydroxyl groups excluding tert-OH is 2. The molecule has 1 saturated heterocycles. The van der Waals surface area contributed by atoms with Crippen molar-refractivity contribution in [2.75, 3.05) is 37.8 Å². The number of nitrogens with two attached hydrogens (primary N) is 1. The van der Waals surface area contributed by atoms with Crippen LogP contribution in [0, 0.1) is 12.8 Å². The van der Waals surface area contributed by atoms with Crippen molar-refractivity contribution in [2.45, 2.75) is 57.8 Å². The van der Waals surface area contributed by atoms with E-state index in [0.717, 1.165) is 29.0 Å². The van der Waals surface area contributed by atoms with Gasteiger partial charge in [-0.25, -0.2) is 28.6 Å². The second-order valence-corrected chi connectivity index (χ2v) is 16.9. The molecule has 24 nitrogen and oxygen atoms in total. The number of rotatable bonds is 19. The summed E-state index contributed by atoms with van der Waals surface area (Å²) in [5, 5.41) is 26.1. The molecule has 292 valence electrons. The van der Waals surface area contributed by atoms with Gasteiger partial charge in [-0.3, -0.25) is 32.5 Å². The number of aromatic nitrogens is 4. The molecule has 4 radical (unpaired) electrons. The first-order valence-electron chi connectivity index (χ1n) is 14.5. The Morgan fingerprint density at radius 3 is 2.37 bits per heavy atom. The minimum Gasteiger partial charge on any atom is -0.386 e. The molecule has 1 fully saturated rings. The Morgan fingerprint density at radius 1 is 1.08 bits per heavy atom. The van der Waals surface area contributed by atoms with Crippen LogP contribution < -0.4 is 16.4 Å². The van der Waals surface area contributed by atoms with Gasteiger partial charge < -0.3 is 50.9 Å². The fraction of sp³-hybridized carbons (Fsp3) is 0.625. The number of hydrogen-bond acceptors (Lipinski definition) is 18. The maximum atomic E-state index is 12.6. The van der Waals surface area contributed by atoms with Crippen molar-refractivity contribution < 1.29 is 80.5 Å². The maximum Gasteiger partial charge on any atom is 0.481 e. The standard InChI is InChI=1S/C23H38N7O17P3S.C/c1-12(31)51-7-6-25-14(32)4-5-26-21(35)18(34)23(2,3)9-44-50(41,42)47-49(39,40)43-8-13-17(46-48(36,37)38)16(33)22(45-13)30-11-29-15-19(24)27-10-28-20(15)30;/h10-11,13,16-18,22,33-34H,4-9H2,1-3H3,(H,25,32)(H,26,35)(H,39,40)(H,41,42)(H2,24,27,28)(H2,36,37,38);/t13-,16-,17-,18+,22-;/m1./s1. The van der Waals surface area contributed by atoms with E-state index in [2.05, 4.69) is 34.4 Å². The van der Waals surface area contributed by atoms with Gasteiger partial charge in [-0.15, -0.1) is 0 Å². The number of ether oxygens (including phenoxy) is 1. The highest BCUT2D eigenvalue weighted by atomic mass is 32.2. The van der Waals surface area contributed by atoms with Gasteiger partial charge in [-0.05, 0) is 0 Å². The van der Waals surface area contributed by atoms with Crippen LogP contribution in [0.5, 0.6) is 0 Å². The van der Waals surface area contributed by atoms with E-state index < -0.39 is 84.6 Å². The van der Waals surface area contributed by atoms with Crippen molar-refractivity contribution in [1.82, 2.24) is 30.2 Å². The molecule has 3 rings (SSSR count). The molecular weight excluding hydrogens is 783 g/mol. The number of phosphoric ester groups is 3. The van der Waals surface area contributed by atoms with Crippen LogP contribution in [0.4, 0.5) is 5.82 Å². The highest BCUT2D eigenvalue weighted by Crippen LogP contribution is 2.61. The number of hydrogen-bond donors (Lipinski definition) is 9. The van der Waals surface area contributed by atoms with Crippen molar-refractivity contribution in [3.05, 3.63) is 20.1 Å². The largest absolute Gasteiger partial charge is 0.481 e. The number of fused-ring (bicyclic) bond motifs is 1. The molecule has 2 aromatic rings. The monoisotopic (exact) mass is 821 g/mol. The van der Waals surface area contributed by atoms with Gasteiger partial charge >= 0.3 is 23.5 Å². The fourth-order valence-corrected chi connectivity index (χ4v) is 7.65. The van der Waals surface area contributed by atoms with Crippen LogP contribution in [0.15, 0.2) is 12.7 Å². The number of aliphatic hydroxyl groups is 2. The summed E-state index contributed by atoms with van der Waals surface area (Å²) in [7, 11) is -16.4. The zero-order valence-electron chi connectivity index (χ0n) is 27.6. The van der Waals surface area contributed by atoms with E-state index in [-0.39, 0.29) is 49.0 Å². The molecule has 0 saturated carbocycles. The van der Waals surface area contributed by atoms with Crippen LogP contribution in [0.1, 0.15) is 33.4 Å². The van der Waals surface area contributed by atoms with Crippen molar-refractivity contribution in [3.63, 3.8) is 0 Å². The van der Waals surface area contributed by atoms with E-state index in [9.17, 15) is 57.9 Å². The molecule has 2 unspecified atom stereocenters. The minimum absolute atomic E-state index is 0. The normalized spacial score (nSPS) is 22.2. The van der Waals surface area contributed by atoms with E-state index in [1.807, 2.05) is 0 Å². The predicted molar refractivity (Wildman–Crippen MR) is 176 cm³/mol. The summed E-state index contributed by atoms with van der Waals surface area (Å²) >= 11 is 1.03. The molecule has 0 aromatic carbocycles. The summed E-state index contributed by atoms with van der Waals surface area (Å²) in [6.45, 7) is 1.90. The fourth-order valence-electron chi connectivity index (χ4n) is 4.32. The first-order valence-corrected chi connectivity index (χ1v) is 20.0. The number of nitrogen functional groups attached to an aromatic ring is 1. The number of nitrogens with one attached hydrogen (secondary N) is 2. The lowest BCUT2D eigenvalue weighted by atomic mass is 9.87. The second kappa shape index (κ2) is 18.7.